The van der Waals surface area contributed by atoms with Crippen molar-refractivity contribution < 1.29 is 14.6 Å². The summed E-state index contributed by atoms with van der Waals surface area (Å²) in [5, 5.41) is 15.5. The molecule has 4 rings (SSSR count). The Morgan fingerprint density at radius 3 is 2.28 bits per heavy atom. The topological polar surface area (TPSA) is 56.5 Å². The molecule has 0 fully saturated rings. The zero-order valence-electron chi connectivity index (χ0n) is 16.0. The average Bonchev–Trinajstić information content (AvgIpc) is 3.19. The van der Waals surface area contributed by atoms with Gasteiger partial charge in [-0.05, 0) is 30.3 Å². The Morgan fingerprint density at radius 1 is 0.897 bits per heavy atom. The van der Waals surface area contributed by atoms with Crippen LogP contribution in [0.1, 0.15) is 0 Å². The second kappa shape index (κ2) is 8.01. The minimum atomic E-state index is 0.0428. The molecule has 146 valence electrons. The molecule has 29 heavy (non-hydrogen) atoms. The summed E-state index contributed by atoms with van der Waals surface area (Å²) in [6.45, 7) is 0. The standard InChI is InChI=1S/C23H19BrN2O3/c1-28-18-12-21(27)23(22(13-18)29-2)19-14-20(15-6-4-3-5-7-15)26(25-19)17-10-8-16(24)9-11-17/h3-14,27H,1-2H3. The number of halogens is 1. The fourth-order valence-electron chi connectivity index (χ4n) is 3.21. The summed E-state index contributed by atoms with van der Waals surface area (Å²) >= 11 is 3.47. The highest BCUT2D eigenvalue weighted by atomic mass is 79.9. The van der Waals surface area contributed by atoms with Crippen LogP contribution < -0.4 is 9.47 Å². The second-order valence-corrected chi connectivity index (χ2v) is 7.31. The molecule has 1 heterocycles. The van der Waals surface area contributed by atoms with Gasteiger partial charge in [0, 0.05) is 22.2 Å². The number of hydrogen-bond donors (Lipinski definition) is 1. The molecule has 0 aliphatic rings. The van der Waals surface area contributed by atoms with Crippen LogP contribution in [0.3, 0.4) is 0 Å². The Bertz CT molecular complexity index is 1140. The first-order valence-electron chi connectivity index (χ1n) is 8.97. The van der Waals surface area contributed by atoms with E-state index in [1.54, 1.807) is 26.4 Å². The van der Waals surface area contributed by atoms with E-state index in [1.807, 2.05) is 65.3 Å². The van der Waals surface area contributed by atoms with Gasteiger partial charge in [-0.15, -0.1) is 0 Å². The molecule has 0 radical (unpaired) electrons. The van der Waals surface area contributed by atoms with Gasteiger partial charge in [-0.25, -0.2) is 4.68 Å². The van der Waals surface area contributed by atoms with E-state index in [-0.39, 0.29) is 5.75 Å². The number of aromatic nitrogens is 2. The smallest absolute Gasteiger partial charge is 0.135 e. The van der Waals surface area contributed by atoms with Crippen molar-refractivity contribution in [1.29, 1.82) is 0 Å². The first-order chi connectivity index (χ1) is 14.1. The molecular formula is C23H19BrN2O3. The van der Waals surface area contributed by atoms with E-state index in [2.05, 4.69) is 15.9 Å². The van der Waals surface area contributed by atoms with E-state index in [4.69, 9.17) is 14.6 Å². The summed E-state index contributed by atoms with van der Waals surface area (Å²) < 4.78 is 13.6. The SMILES string of the molecule is COc1cc(O)c(-c2cc(-c3ccccc3)n(-c3ccc(Br)cc3)n2)c(OC)c1. The summed E-state index contributed by atoms with van der Waals surface area (Å²) in [6.07, 6.45) is 0. The zero-order valence-corrected chi connectivity index (χ0v) is 17.6. The van der Waals surface area contributed by atoms with Gasteiger partial charge < -0.3 is 14.6 Å². The van der Waals surface area contributed by atoms with Crippen molar-refractivity contribution in [3.05, 3.63) is 77.3 Å². The molecule has 4 aromatic rings. The van der Waals surface area contributed by atoms with Crippen molar-refractivity contribution in [2.24, 2.45) is 0 Å². The van der Waals surface area contributed by atoms with Crippen LogP contribution in [0.5, 0.6) is 17.2 Å². The van der Waals surface area contributed by atoms with Crippen LogP contribution in [-0.2, 0) is 0 Å². The Kier molecular flexibility index (Phi) is 5.27. The van der Waals surface area contributed by atoms with Crippen LogP contribution in [-0.4, -0.2) is 29.1 Å². The van der Waals surface area contributed by atoms with Crippen molar-refractivity contribution in [3.63, 3.8) is 0 Å². The molecule has 0 aliphatic carbocycles. The molecule has 5 nitrogen and oxygen atoms in total. The van der Waals surface area contributed by atoms with Gasteiger partial charge in [0.2, 0.25) is 0 Å². The molecule has 0 unspecified atom stereocenters. The van der Waals surface area contributed by atoms with E-state index in [9.17, 15) is 5.11 Å². The lowest BCUT2D eigenvalue weighted by molar-refractivity contribution is 0.386. The Hall–Kier alpha value is -3.25. The number of hydrogen-bond acceptors (Lipinski definition) is 4. The Morgan fingerprint density at radius 2 is 1.62 bits per heavy atom. The summed E-state index contributed by atoms with van der Waals surface area (Å²) in [7, 11) is 3.10. The number of benzene rings is 3. The number of nitrogens with zero attached hydrogens (tertiary/aromatic N) is 2. The Labute approximate surface area is 177 Å². The highest BCUT2D eigenvalue weighted by Gasteiger charge is 2.20. The van der Waals surface area contributed by atoms with Crippen molar-refractivity contribution in [2.75, 3.05) is 14.2 Å². The van der Waals surface area contributed by atoms with E-state index in [0.29, 0.717) is 22.8 Å². The minimum Gasteiger partial charge on any atom is -0.507 e. The maximum absolute atomic E-state index is 10.7. The first kappa shape index (κ1) is 19.1. The molecule has 1 aromatic heterocycles. The van der Waals surface area contributed by atoms with Crippen LogP contribution >= 0.6 is 15.9 Å². The molecule has 0 saturated heterocycles. The highest BCUT2D eigenvalue weighted by Crippen LogP contribution is 2.42. The predicted octanol–water partition coefficient (Wildman–Crippen LogP) is 5.69. The van der Waals surface area contributed by atoms with Gasteiger partial charge in [0.1, 0.15) is 22.9 Å². The van der Waals surface area contributed by atoms with Crippen molar-refractivity contribution in [2.45, 2.75) is 0 Å². The average molecular weight is 451 g/mol. The molecule has 0 spiro atoms. The number of aromatic hydroxyl groups is 1. The third kappa shape index (κ3) is 3.71. The summed E-state index contributed by atoms with van der Waals surface area (Å²) in [4.78, 5) is 0. The summed E-state index contributed by atoms with van der Waals surface area (Å²) in [5.74, 6) is 1.04. The zero-order chi connectivity index (χ0) is 20.4. The van der Waals surface area contributed by atoms with Crippen LogP contribution in [0.2, 0.25) is 0 Å². The maximum atomic E-state index is 10.7. The molecule has 1 N–H and O–H groups in total. The second-order valence-electron chi connectivity index (χ2n) is 6.39. The number of phenolic OH excluding ortho intramolecular Hbond substituents is 1. The normalized spacial score (nSPS) is 10.7. The lowest BCUT2D eigenvalue weighted by Crippen LogP contribution is -1.99. The number of methoxy groups -OCH3 is 2. The van der Waals surface area contributed by atoms with Crippen LogP contribution in [0.15, 0.2) is 77.3 Å². The number of phenols is 1. The fraction of sp³-hybridized carbons (Fsp3) is 0.0870. The largest absolute Gasteiger partial charge is 0.507 e. The van der Waals surface area contributed by atoms with E-state index >= 15 is 0 Å². The van der Waals surface area contributed by atoms with Crippen LogP contribution in [0.4, 0.5) is 0 Å². The third-order valence-corrected chi connectivity index (χ3v) is 5.15. The third-order valence-electron chi connectivity index (χ3n) is 4.62. The van der Waals surface area contributed by atoms with Crippen LogP contribution in [0, 0.1) is 0 Å². The van der Waals surface area contributed by atoms with Crippen molar-refractivity contribution in [1.82, 2.24) is 9.78 Å². The maximum Gasteiger partial charge on any atom is 0.135 e. The van der Waals surface area contributed by atoms with Gasteiger partial charge >= 0.3 is 0 Å². The number of ether oxygens (including phenoxy) is 2. The van der Waals surface area contributed by atoms with E-state index < -0.39 is 0 Å². The van der Waals surface area contributed by atoms with Gasteiger partial charge in [0.15, 0.2) is 0 Å². The molecule has 0 saturated carbocycles. The summed E-state index contributed by atoms with van der Waals surface area (Å²) in [5.41, 5.74) is 3.94. The first-order valence-corrected chi connectivity index (χ1v) is 9.77. The minimum absolute atomic E-state index is 0.0428. The van der Waals surface area contributed by atoms with Gasteiger partial charge in [-0.2, -0.15) is 5.10 Å². The predicted molar refractivity (Wildman–Crippen MR) is 117 cm³/mol. The van der Waals surface area contributed by atoms with Crippen molar-refractivity contribution >= 4 is 15.9 Å². The van der Waals surface area contributed by atoms with E-state index in [1.165, 1.54) is 0 Å². The lowest BCUT2D eigenvalue weighted by Gasteiger charge is -2.11. The highest BCUT2D eigenvalue weighted by molar-refractivity contribution is 9.10. The quantitative estimate of drug-likeness (QED) is 0.424. The van der Waals surface area contributed by atoms with Gasteiger partial charge in [0.25, 0.3) is 0 Å². The molecule has 3 aromatic carbocycles. The molecule has 6 heteroatoms. The molecule has 0 bridgehead atoms. The Balaban J connectivity index is 1.94. The van der Waals surface area contributed by atoms with E-state index in [0.717, 1.165) is 21.4 Å². The lowest BCUT2D eigenvalue weighted by atomic mass is 10.1. The molecule has 0 amide bonds. The van der Waals surface area contributed by atoms with Crippen molar-refractivity contribution in [3.8, 4) is 45.5 Å². The van der Waals surface area contributed by atoms with Gasteiger partial charge in [-0.3, -0.25) is 0 Å². The summed E-state index contributed by atoms with van der Waals surface area (Å²) in [6, 6.07) is 23.1. The number of rotatable bonds is 5. The molecule has 0 aliphatic heterocycles. The fourth-order valence-corrected chi connectivity index (χ4v) is 3.47. The molecule has 0 atom stereocenters. The van der Waals surface area contributed by atoms with Gasteiger partial charge in [0.05, 0.1) is 31.2 Å². The van der Waals surface area contributed by atoms with Gasteiger partial charge in [-0.1, -0.05) is 46.3 Å². The van der Waals surface area contributed by atoms with Crippen LogP contribution in [0.25, 0.3) is 28.2 Å². The monoisotopic (exact) mass is 450 g/mol. The molecular weight excluding hydrogens is 432 g/mol.